The molecule has 0 aromatic heterocycles. The number of likely N-dealkylation sites (N-methyl/N-ethyl adjacent to an activating group) is 1. The molecule has 1 aliphatic rings. The van der Waals surface area contributed by atoms with Gasteiger partial charge >= 0.3 is 5.97 Å². The van der Waals surface area contributed by atoms with Crippen LogP contribution in [0, 0.1) is 5.92 Å². The predicted octanol–water partition coefficient (Wildman–Crippen LogP) is 2.02. The van der Waals surface area contributed by atoms with E-state index in [1.165, 1.54) is 12.8 Å². The lowest BCUT2D eigenvalue weighted by molar-refractivity contribution is -0.145. The molecular formula is C14H25NO3. The molecule has 1 rings (SSSR count). The van der Waals surface area contributed by atoms with E-state index in [4.69, 9.17) is 4.74 Å². The Hall–Kier alpha value is -0.900. The number of carbonyl (C=O) groups excluding carboxylic acids is 2. The molecule has 1 saturated carbocycles. The normalized spacial score (nSPS) is 24.0. The number of rotatable bonds is 6. The lowest BCUT2D eigenvalue weighted by Gasteiger charge is -2.33. The Morgan fingerprint density at radius 2 is 2.06 bits per heavy atom. The summed E-state index contributed by atoms with van der Waals surface area (Å²) in [5, 5.41) is 0. The van der Waals surface area contributed by atoms with Gasteiger partial charge in [-0.3, -0.25) is 14.5 Å². The molecular weight excluding hydrogens is 230 g/mol. The molecule has 0 spiro atoms. The van der Waals surface area contributed by atoms with E-state index in [0.717, 1.165) is 18.8 Å². The van der Waals surface area contributed by atoms with Gasteiger partial charge in [0, 0.05) is 6.04 Å². The van der Waals surface area contributed by atoms with E-state index in [0.29, 0.717) is 19.2 Å². The molecule has 0 aliphatic heterocycles. The number of ether oxygens (including phenoxy) is 1. The van der Waals surface area contributed by atoms with Crippen molar-refractivity contribution in [2.24, 2.45) is 5.92 Å². The molecule has 2 unspecified atom stereocenters. The van der Waals surface area contributed by atoms with Crippen LogP contribution in [0.25, 0.3) is 0 Å². The van der Waals surface area contributed by atoms with Crippen LogP contribution < -0.4 is 0 Å². The molecule has 0 heterocycles. The standard InChI is InChI=1S/C14H25NO3/c1-4-18-14(17)9-13(16)10-15(3)12-7-5-6-11(2)8-12/h11-12H,4-10H2,1-3H3. The van der Waals surface area contributed by atoms with Gasteiger partial charge < -0.3 is 4.74 Å². The molecule has 0 amide bonds. The van der Waals surface area contributed by atoms with Crippen LogP contribution in [-0.2, 0) is 14.3 Å². The number of esters is 1. The molecule has 0 aromatic rings. The van der Waals surface area contributed by atoms with E-state index in [1.54, 1.807) is 6.92 Å². The van der Waals surface area contributed by atoms with Gasteiger partial charge in [0.15, 0.2) is 5.78 Å². The van der Waals surface area contributed by atoms with Crippen LogP contribution >= 0.6 is 0 Å². The van der Waals surface area contributed by atoms with Crippen molar-refractivity contribution in [2.75, 3.05) is 20.2 Å². The fraction of sp³-hybridized carbons (Fsp3) is 0.857. The molecule has 0 bridgehead atoms. The maximum absolute atomic E-state index is 11.7. The fourth-order valence-corrected chi connectivity index (χ4v) is 2.64. The van der Waals surface area contributed by atoms with Crippen molar-refractivity contribution in [2.45, 2.75) is 52.0 Å². The minimum atomic E-state index is -0.409. The Morgan fingerprint density at radius 1 is 1.33 bits per heavy atom. The summed E-state index contributed by atoms with van der Waals surface area (Å²) in [7, 11) is 1.98. The van der Waals surface area contributed by atoms with Crippen molar-refractivity contribution in [3.05, 3.63) is 0 Å². The number of Topliss-reactive ketones (excluding diaryl/α,β-unsaturated/α-hetero) is 1. The van der Waals surface area contributed by atoms with E-state index in [-0.39, 0.29) is 12.2 Å². The van der Waals surface area contributed by atoms with Crippen LogP contribution in [-0.4, -0.2) is 42.9 Å². The largest absolute Gasteiger partial charge is 0.466 e. The number of ketones is 1. The Labute approximate surface area is 110 Å². The first kappa shape index (κ1) is 15.2. The summed E-state index contributed by atoms with van der Waals surface area (Å²) >= 11 is 0. The van der Waals surface area contributed by atoms with Crippen LogP contribution in [0.3, 0.4) is 0 Å². The highest BCUT2D eigenvalue weighted by molar-refractivity contribution is 5.96. The Kier molecular flexibility index (Phi) is 6.33. The Morgan fingerprint density at radius 3 is 2.67 bits per heavy atom. The van der Waals surface area contributed by atoms with Gasteiger partial charge in [-0.25, -0.2) is 0 Å². The minimum Gasteiger partial charge on any atom is -0.466 e. The lowest BCUT2D eigenvalue weighted by Crippen LogP contribution is -2.39. The first-order valence-corrected chi connectivity index (χ1v) is 6.90. The zero-order chi connectivity index (χ0) is 13.5. The van der Waals surface area contributed by atoms with E-state index >= 15 is 0 Å². The highest BCUT2D eigenvalue weighted by Gasteiger charge is 2.24. The van der Waals surface area contributed by atoms with Gasteiger partial charge in [-0.05, 0) is 32.7 Å². The van der Waals surface area contributed by atoms with Crippen molar-refractivity contribution in [3.63, 3.8) is 0 Å². The summed E-state index contributed by atoms with van der Waals surface area (Å²) in [6, 6.07) is 0.486. The topological polar surface area (TPSA) is 46.6 Å². The first-order chi connectivity index (χ1) is 8.52. The molecule has 4 nitrogen and oxygen atoms in total. The summed E-state index contributed by atoms with van der Waals surface area (Å²) < 4.78 is 4.78. The third-order valence-electron chi connectivity index (χ3n) is 3.60. The zero-order valence-corrected chi connectivity index (χ0v) is 11.8. The smallest absolute Gasteiger partial charge is 0.313 e. The third kappa shape index (κ3) is 5.17. The molecule has 0 radical (unpaired) electrons. The van der Waals surface area contributed by atoms with E-state index in [1.807, 2.05) is 7.05 Å². The summed E-state index contributed by atoms with van der Waals surface area (Å²) in [6.45, 7) is 4.71. The van der Waals surface area contributed by atoms with Crippen LogP contribution in [0.4, 0.5) is 0 Å². The molecule has 0 saturated heterocycles. The fourth-order valence-electron chi connectivity index (χ4n) is 2.64. The molecule has 1 fully saturated rings. The third-order valence-corrected chi connectivity index (χ3v) is 3.60. The molecule has 104 valence electrons. The van der Waals surface area contributed by atoms with Crippen molar-refractivity contribution in [3.8, 4) is 0 Å². The highest BCUT2D eigenvalue weighted by Crippen LogP contribution is 2.26. The van der Waals surface area contributed by atoms with Crippen LogP contribution in [0.15, 0.2) is 0 Å². The maximum Gasteiger partial charge on any atom is 0.313 e. The molecule has 0 N–H and O–H groups in total. The molecule has 2 atom stereocenters. The highest BCUT2D eigenvalue weighted by atomic mass is 16.5. The van der Waals surface area contributed by atoms with Crippen molar-refractivity contribution >= 4 is 11.8 Å². The van der Waals surface area contributed by atoms with Crippen molar-refractivity contribution < 1.29 is 14.3 Å². The van der Waals surface area contributed by atoms with Gasteiger partial charge in [0.1, 0.15) is 6.42 Å². The predicted molar refractivity (Wildman–Crippen MR) is 70.3 cm³/mol. The summed E-state index contributed by atoms with van der Waals surface area (Å²) in [6.07, 6.45) is 4.75. The van der Waals surface area contributed by atoms with Gasteiger partial charge in [-0.15, -0.1) is 0 Å². The lowest BCUT2D eigenvalue weighted by atomic mass is 9.86. The van der Waals surface area contributed by atoms with Gasteiger partial charge in [-0.1, -0.05) is 19.8 Å². The number of hydrogen-bond donors (Lipinski definition) is 0. The summed E-state index contributed by atoms with van der Waals surface area (Å²) in [5.41, 5.74) is 0. The second kappa shape index (κ2) is 7.52. The molecule has 1 aliphatic carbocycles. The van der Waals surface area contributed by atoms with Gasteiger partial charge in [-0.2, -0.15) is 0 Å². The van der Waals surface area contributed by atoms with Gasteiger partial charge in [0.2, 0.25) is 0 Å². The summed E-state index contributed by atoms with van der Waals surface area (Å²) in [5.74, 6) is 0.286. The second-order valence-electron chi connectivity index (χ2n) is 5.36. The van der Waals surface area contributed by atoms with E-state index in [9.17, 15) is 9.59 Å². The number of hydrogen-bond acceptors (Lipinski definition) is 4. The molecule has 18 heavy (non-hydrogen) atoms. The van der Waals surface area contributed by atoms with Crippen molar-refractivity contribution in [1.82, 2.24) is 4.90 Å². The van der Waals surface area contributed by atoms with Crippen LogP contribution in [0.1, 0.15) is 46.0 Å². The minimum absolute atomic E-state index is 0.0471. The Balaban J connectivity index is 2.32. The average molecular weight is 255 g/mol. The SMILES string of the molecule is CCOC(=O)CC(=O)CN(C)C1CCCC(C)C1. The van der Waals surface area contributed by atoms with Crippen molar-refractivity contribution in [1.29, 1.82) is 0 Å². The maximum atomic E-state index is 11.7. The molecule has 0 aromatic carbocycles. The van der Waals surface area contributed by atoms with Gasteiger partial charge in [0.25, 0.3) is 0 Å². The van der Waals surface area contributed by atoms with E-state index in [2.05, 4.69) is 11.8 Å². The monoisotopic (exact) mass is 255 g/mol. The van der Waals surface area contributed by atoms with Crippen LogP contribution in [0.5, 0.6) is 0 Å². The number of nitrogens with zero attached hydrogens (tertiary/aromatic N) is 1. The summed E-state index contributed by atoms with van der Waals surface area (Å²) in [4.78, 5) is 25.0. The first-order valence-electron chi connectivity index (χ1n) is 6.90. The second-order valence-corrected chi connectivity index (χ2v) is 5.36. The van der Waals surface area contributed by atoms with Gasteiger partial charge in [0.05, 0.1) is 13.2 Å². The zero-order valence-electron chi connectivity index (χ0n) is 11.8. The number of carbonyl (C=O) groups is 2. The Bertz CT molecular complexity index is 291. The van der Waals surface area contributed by atoms with Crippen LogP contribution in [0.2, 0.25) is 0 Å². The van der Waals surface area contributed by atoms with E-state index < -0.39 is 5.97 Å². The molecule has 4 heteroatoms. The quantitative estimate of drug-likeness (QED) is 0.538. The average Bonchev–Trinajstić information content (AvgIpc) is 2.28.